The normalized spacial score (nSPS) is 15.0. The summed E-state index contributed by atoms with van der Waals surface area (Å²) in [5.74, 6) is -1.32. The van der Waals surface area contributed by atoms with Crippen LogP contribution in [0.2, 0.25) is 0 Å². The van der Waals surface area contributed by atoms with Crippen molar-refractivity contribution in [3.05, 3.63) is 35.7 Å². The molecule has 96 valence electrons. The van der Waals surface area contributed by atoms with Gasteiger partial charge in [0.05, 0.1) is 5.69 Å². The smallest absolute Gasteiger partial charge is 0.328 e. The number of halogens is 1. The van der Waals surface area contributed by atoms with Crippen molar-refractivity contribution in [2.75, 3.05) is 11.4 Å². The zero-order valence-corrected chi connectivity index (χ0v) is 10.3. The summed E-state index contributed by atoms with van der Waals surface area (Å²) in [5.41, 5.74) is 1.13. The highest BCUT2D eigenvalue weighted by atomic mass is 19.1. The SMILES string of the molecule is CCN(c1c(F)cccc1/C=C/C(=O)O)C1CC1. The molecule has 0 aliphatic heterocycles. The predicted molar refractivity (Wildman–Crippen MR) is 69.1 cm³/mol. The van der Waals surface area contributed by atoms with Gasteiger partial charge in [0.25, 0.3) is 0 Å². The fourth-order valence-corrected chi connectivity index (χ4v) is 2.12. The van der Waals surface area contributed by atoms with Crippen molar-refractivity contribution >= 4 is 17.7 Å². The summed E-state index contributed by atoms with van der Waals surface area (Å²) in [5, 5.41) is 8.66. The third kappa shape index (κ3) is 2.70. The first-order valence-electron chi connectivity index (χ1n) is 6.09. The zero-order valence-electron chi connectivity index (χ0n) is 10.3. The molecule has 1 aliphatic carbocycles. The van der Waals surface area contributed by atoms with E-state index in [9.17, 15) is 9.18 Å². The summed E-state index contributed by atoms with van der Waals surface area (Å²) in [6, 6.07) is 5.14. The van der Waals surface area contributed by atoms with Crippen LogP contribution >= 0.6 is 0 Å². The third-order valence-electron chi connectivity index (χ3n) is 3.04. The van der Waals surface area contributed by atoms with Crippen molar-refractivity contribution in [1.82, 2.24) is 0 Å². The van der Waals surface area contributed by atoms with Crippen LogP contribution in [0.1, 0.15) is 25.3 Å². The summed E-state index contributed by atoms with van der Waals surface area (Å²) in [6.45, 7) is 2.70. The second-order valence-corrected chi connectivity index (χ2v) is 4.37. The van der Waals surface area contributed by atoms with E-state index in [1.54, 1.807) is 12.1 Å². The maximum Gasteiger partial charge on any atom is 0.328 e. The van der Waals surface area contributed by atoms with Crippen LogP contribution in [0.15, 0.2) is 24.3 Å². The third-order valence-corrected chi connectivity index (χ3v) is 3.04. The van der Waals surface area contributed by atoms with E-state index in [2.05, 4.69) is 0 Å². The van der Waals surface area contributed by atoms with Gasteiger partial charge in [-0.1, -0.05) is 12.1 Å². The topological polar surface area (TPSA) is 40.5 Å². The number of carboxylic acid groups (broad SMARTS) is 1. The van der Waals surface area contributed by atoms with Gasteiger partial charge in [0, 0.05) is 24.2 Å². The quantitative estimate of drug-likeness (QED) is 0.816. The molecule has 1 aromatic rings. The summed E-state index contributed by atoms with van der Waals surface area (Å²) < 4.78 is 14.0. The highest BCUT2D eigenvalue weighted by molar-refractivity contribution is 5.87. The van der Waals surface area contributed by atoms with E-state index < -0.39 is 5.97 Å². The number of aliphatic carboxylic acids is 1. The molecular formula is C14H16FNO2. The van der Waals surface area contributed by atoms with Crippen molar-refractivity contribution in [2.45, 2.75) is 25.8 Å². The minimum atomic E-state index is -1.03. The molecule has 3 nitrogen and oxygen atoms in total. The first-order chi connectivity index (χ1) is 8.63. The summed E-state index contributed by atoms with van der Waals surface area (Å²) in [7, 11) is 0. The van der Waals surface area contributed by atoms with E-state index in [1.165, 1.54) is 12.1 Å². The Kier molecular flexibility index (Phi) is 3.65. The second kappa shape index (κ2) is 5.21. The Morgan fingerprint density at radius 2 is 2.28 bits per heavy atom. The molecule has 1 saturated carbocycles. The summed E-state index contributed by atoms with van der Waals surface area (Å²) >= 11 is 0. The number of benzene rings is 1. The second-order valence-electron chi connectivity index (χ2n) is 4.37. The molecule has 2 rings (SSSR count). The van der Waals surface area contributed by atoms with Crippen LogP contribution in [0, 0.1) is 5.82 Å². The molecule has 4 heteroatoms. The molecule has 0 radical (unpaired) electrons. The number of para-hydroxylation sites is 1. The summed E-state index contributed by atoms with van der Waals surface area (Å²) in [4.78, 5) is 12.6. The minimum Gasteiger partial charge on any atom is -0.478 e. The van der Waals surface area contributed by atoms with Gasteiger partial charge in [-0.2, -0.15) is 0 Å². The molecule has 1 N–H and O–H groups in total. The molecule has 0 unspecified atom stereocenters. The van der Waals surface area contributed by atoms with Crippen molar-refractivity contribution in [2.24, 2.45) is 0 Å². The Balaban J connectivity index is 2.39. The summed E-state index contributed by atoms with van der Waals surface area (Å²) in [6.07, 6.45) is 4.64. The molecule has 0 aromatic heterocycles. The average molecular weight is 249 g/mol. The van der Waals surface area contributed by atoms with Gasteiger partial charge in [0.1, 0.15) is 5.82 Å². The van der Waals surface area contributed by atoms with Crippen LogP contribution in [0.5, 0.6) is 0 Å². The molecule has 18 heavy (non-hydrogen) atoms. The Bertz CT molecular complexity index is 481. The maximum atomic E-state index is 14.0. The molecule has 0 amide bonds. The van der Waals surface area contributed by atoms with Gasteiger partial charge in [0.15, 0.2) is 0 Å². The molecule has 1 aliphatic rings. The van der Waals surface area contributed by atoms with Gasteiger partial charge in [-0.3, -0.25) is 0 Å². The number of hydrogen-bond donors (Lipinski definition) is 1. The number of anilines is 1. The lowest BCUT2D eigenvalue weighted by Gasteiger charge is -2.25. The lowest BCUT2D eigenvalue weighted by atomic mass is 10.1. The fourth-order valence-electron chi connectivity index (χ4n) is 2.12. The molecule has 0 heterocycles. The van der Waals surface area contributed by atoms with Crippen LogP contribution in [0.3, 0.4) is 0 Å². The fraction of sp³-hybridized carbons (Fsp3) is 0.357. The number of nitrogens with zero attached hydrogens (tertiary/aromatic N) is 1. The predicted octanol–water partition coefficient (Wildman–Crippen LogP) is 2.91. The van der Waals surface area contributed by atoms with E-state index in [0.717, 1.165) is 25.5 Å². The van der Waals surface area contributed by atoms with Crippen LogP contribution in [0.4, 0.5) is 10.1 Å². The van der Waals surface area contributed by atoms with Crippen LogP contribution in [0.25, 0.3) is 6.08 Å². The molecule has 0 saturated heterocycles. The molecular weight excluding hydrogens is 233 g/mol. The standard InChI is InChI=1S/C14H16FNO2/c1-2-16(11-7-8-11)14-10(6-9-13(17)18)4-3-5-12(14)15/h3-6,9,11H,2,7-8H2,1H3,(H,17,18)/b9-6+. The number of carbonyl (C=O) groups is 1. The van der Waals surface area contributed by atoms with Crippen molar-refractivity contribution < 1.29 is 14.3 Å². The van der Waals surface area contributed by atoms with Gasteiger partial charge in [-0.05, 0) is 31.9 Å². The van der Waals surface area contributed by atoms with E-state index >= 15 is 0 Å². The Morgan fingerprint density at radius 3 is 2.83 bits per heavy atom. The Labute approximate surface area is 106 Å². The van der Waals surface area contributed by atoms with Crippen LogP contribution in [-0.2, 0) is 4.79 Å². The van der Waals surface area contributed by atoms with Gasteiger partial charge < -0.3 is 10.0 Å². The van der Waals surface area contributed by atoms with E-state index in [0.29, 0.717) is 17.3 Å². The molecule has 0 bridgehead atoms. The van der Waals surface area contributed by atoms with E-state index in [-0.39, 0.29) is 5.82 Å². The van der Waals surface area contributed by atoms with Crippen molar-refractivity contribution in [3.63, 3.8) is 0 Å². The molecule has 1 fully saturated rings. The average Bonchev–Trinajstić information content (AvgIpc) is 3.14. The van der Waals surface area contributed by atoms with Crippen molar-refractivity contribution in [1.29, 1.82) is 0 Å². The molecule has 0 spiro atoms. The lowest BCUT2D eigenvalue weighted by molar-refractivity contribution is -0.131. The highest BCUT2D eigenvalue weighted by Gasteiger charge is 2.30. The van der Waals surface area contributed by atoms with Gasteiger partial charge in [0.2, 0.25) is 0 Å². The van der Waals surface area contributed by atoms with Crippen molar-refractivity contribution in [3.8, 4) is 0 Å². The first kappa shape index (κ1) is 12.6. The van der Waals surface area contributed by atoms with E-state index in [4.69, 9.17) is 5.11 Å². The Morgan fingerprint density at radius 1 is 1.56 bits per heavy atom. The van der Waals surface area contributed by atoms with Gasteiger partial charge in [-0.25, -0.2) is 9.18 Å². The largest absolute Gasteiger partial charge is 0.478 e. The lowest BCUT2D eigenvalue weighted by Crippen LogP contribution is -2.26. The first-order valence-corrected chi connectivity index (χ1v) is 6.09. The van der Waals surface area contributed by atoms with E-state index in [1.807, 2.05) is 11.8 Å². The number of rotatable bonds is 5. The van der Waals surface area contributed by atoms with Crippen LogP contribution in [-0.4, -0.2) is 23.7 Å². The number of carboxylic acids is 1. The van der Waals surface area contributed by atoms with Gasteiger partial charge in [-0.15, -0.1) is 0 Å². The molecule has 0 atom stereocenters. The zero-order chi connectivity index (χ0) is 13.1. The molecule has 1 aromatic carbocycles. The maximum absolute atomic E-state index is 14.0. The van der Waals surface area contributed by atoms with Gasteiger partial charge >= 0.3 is 5.97 Å². The monoisotopic (exact) mass is 249 g/mol. The number of hydrogen-bond acceptors (Lipinski definition) is 2. The Hall–Kier alpha value is -1.84. The minimum absolute atomic E-state index is 0.295. The highest BCUT2D eigenvalue weighted by Crippen LogP contribution is 2.35. The van der Waals surface area contributed by atoms with Crippen LogP contribution < -0.4 is 4.90 Å².